The van der Waals surface area contributed by atoms with Gasteiger partial charge in [0.2, 0.25) is 0 Å². The van der Waals surface area contributed by atoms with Crippen LogP contribution in [0.2, 0.25) is 0 Å². The fourth-order valence-corrected chi connectivity index (χ4v) is 2.42. The van der Waals surface area contributed by atoms with Crippen molar-refractivity contribution in [1.29, 1.82) is 0 Å². The van der Waals surface area contributed by atoms with Crippen LogP contribution in [0, 0.1) is 12.7 Å². The number of aryl methyl sites for hydroxylation is 1. The fraction of sp³-hybridized carbons (Fsp3) is 0.176. The van der Waals surface area contributed by atoms with Gasteiger partial charge in [-0.3, -0.25) is 0 Å². The summed E-state index contributed by atoms with van der Waals surface area (Å²) in [7, 11) is 0. The molecule has 0 aliphatic carbocycles. The van der Waals surface area contributed by atoms with Crippen LogP contribution in [0.4, 0.5) is 10.2 Å². The number of nitrogens with zero attached hydrogens (tertiary/aromatic N) is 2. The summed E-state index contributed by atoms with van der Waals surface area (Å²) in [5.74, 6) is 0.330. The second-order valence-electron chi connectivity index (χ2n) is 5.40. The second kappa shape index (κ2) is 5.72. The minimum atomic E-state index is -0.287. The molecule has 1 heterocycles. The number of hydrogen-bond donors (Lipinski definition) is 3. The van der Waals surface area contributed by atoms with Crippen LogP contribution >= 0.6 is 0 Å². The predicted molar refractivity (Wildman–Crippen MR) is 86.0 cm³/mol. The van der Waals surface area contributed by atoms with E-state index in [1.807, 2.05) is 6.92 Å². The SMILES string of the molecule is Cc1nc(N[C@H](C)c2ccc(F)cc2)c2cc(O)c(O)cc2n1. The van der Waals surface area contributed by atoms with Crippen molar-refractivity contribution in [3.05, 3.63) is 53.6 Å². The number of hydrogen-bond acceptors (Lipinski definition) is 5. The molecular weight excluding hydrogens is 297 g/mol. The number of fused-ring (bicyclic) bond motifs is 1. The highest BCUT2D eigenvalue weighted by Crippen LogP contribution is 2.33. The predicted octanol–water partition coefficient (Wildman–Crippen LogP) is 3.66. The largest absolute Gasteiger partial charge is 0.504 e. The molecule has 1 aromatic heterocycles. The Morgan fingerprint density at radius 1 is 1.04 bits per heavy atom. The Morgan fingerprint density at radius 3 is 2.39 bits per heavy atom. The highest BCUT2D eigenvalue weighted by molar-refractivity contribution is 5.91. The zero-order chi connectivity index (χ0) is 16.6. The Morgan fingerprint density at radius 2 is 1.70 bits per heavy atom. The molecule has 3 rings (SSSR count). The standard InChI is InChI=1S/C17H16FN3O2/c1-9(11-3-5-12(18)6-4-11)19-17-13-7-15(22)16(23)8-14(13)20-10(2)21-17/h3-9,22-23H,1-2H3,(H,19,20,21)/t9-/m1/s1. The van der Waals surface area contributed by atoms with Gasteiger partial charge < -0.3 is 15.5 Å². The maximum absolute atomic E-state index is 13.0. The topological polar surface area (TPSA) is 78.3 Å². The van der Waals surface area contributed by atoms with Crippen LogP contribution in [0.3, 0.4) is 0 Å². The first-order valence-corrected chi connectivity index (χ1v) is 7.16. The van der Waals surface area contributed by atoms with Crippen LogP contribution < -0.4 is 5.32 Å². The molecule has 0 unspecified atom stereocenters. The van der Waals surface area contributed by atoms with Crippen LogP contribution in [-0.2, 0) is 0 Å². The number of nitrogens with one attached hydrogen (secondary N) is 1. The van der Waals surface area contributed by atoms with E-state index in [0.717, 1.165) is 5.56 Å². The summed E-state index contributed by atoms with van der Waals surface area (Å²) in [4.78, 5) is 8.62. The molecule has 3 aromatic rings. The van der Waals surface area contributed by atoms with E-state index in [9.17, 15) is 14.6 Å². The van der Waals surface area contributed by atoms with Gasteiger partial charge in [-0.25, -0.2) is 14.4 Å². The normalized spacial score (nSPS) is 12.3. The zero-order valence-corrected chi connectivity index (χ0v) is 12.7. The Hall–Kier alpha value is -2.89. The highest BCUT2D eigenvalue weighted by atomic mass is 19.1. The molecule has 5 nitrogen and oxygen atoms in total. The van der Waals surface area contributed by atoms with Crippen LogP contribution in [0.5, 0.6) is 11.5 Å². The molecule has 0 amide bonds. The minimum absolute atomic E-state index is 0.121. The fourth-order valence-electron chi connectivity index (χ4n) is 2.42. The number of anilines is 1. The van der Waals surface area contributed by atoms with Crippen LogP contribution in [-0.4, -0.2) is 20.2 Å². The number of aromatic nitrogens is 2. The van der Waals surface area contributed by atoms with E-state index in [0.29, 0.717) is 22.5 Å². The van der Waals surface area contributed by atoms with Crippen molar-refractivity contribution in [3.63, 3.8) is 0 Å². The lowest BCUT2D eigenvalue weighted by Crippen LogP contribution is -2.09. The van der Waals surface area contributed by atoms with Gasteiger partial charge in [0.05, 0.1) is 5.52 Å². The van der Waals surface area contributed by atoms with Crippen molar-refractivity contribution in [3.8, 4) is 11.5 Å². The van der Waals surface area contributed by atoms with Crippen molar-refractivity contribution in [2.75, 3.05) is 5.32 Å². The smallest absolute Gasteiger partial charge is 0.159 e. The molecule has 0 saturated carbocycles. The summed E-state index contributed by atoms with van der Waals surface area (Å²) < 4.78 is 13.0. The summed E-state index contributed by atoms with van der Waals surface area (Å²) in [5.41, 5.74) is 1.43. The minimum Gasteiger partial charge on any atom is -0.504 e. The van der Waals surface area contributed by atoms with Gasteiger partial charge in [-0.2, -0.15) is 0 Å². The molecule has 6 heteroatoms. The molecule has 3 N–H and O–H groups in total. The summed E-state index contributed by atoms with van der Waals surface area (Å²) in [6.45, 7) is 3.67. The molecule has 0 saturated heterocycles. The van der Waals surface area contributed by atoms with Gasteiger partial charge in [-0.05, 0) is 37.6 Å². The number of rotatable bonds is 3. The maximum atomic E-state index is 13.0. The average molecular weight is 313 g/mol. The summed E-state index contributed by atoms with van der Waals surface area (Å²) in [5, 5.41) is 23.2. The molecule has 0 radical (unpaired) electrons. The number of aromatic hydroxyl groups is 2. The molecule has 2 aromatic carbocycles. The monoisotopic (exact) mass is 313 g/mol. The van der Waals surface area contributed by atoms with E-state index < -0.39 is 0 Å². The van der Waals surface area contributed by atoms with Gasteiger partial charge in [-0.15, -0.1) is 0 Å². The van der Waals surface area contributed by atoms with Gasteiger partial charge in [0.25, 0.3) is 0 Å². The van der Waals surface area contributed by atoms with Crippen molar-refractivity contribution < 1.29 is 14.6 Å². The zero-order valence-electron chi connectivity index (χ0n) is 12.7. The molecule has 23 heavy (non-hydrogen) atoms. The van der Waals surface area contributed by atoms with Crippen molar-refractivity contribution in [1.82, 2.24) is 9.97 Å². The van der Waals surface area contributed by atoms with Gasteiger partial charge in [0.1, 0.15) is 17.5 Å². The van der Waals surface area contributed by atoms with Crippen LogP contribution in [0.15, 0.2) is 36.4 Å². The first-order chi connectivity index (χ1) is 10.9. The summed E-state index contributed by atoms with van der Waals surface area (Å²) in [6, 6.07) is 8.90. The van der Waals surface area contributed by atoms with E-state index >= 15 is 0 Å². The quantitative estimate of drug-likeness (QED) is 0.643. The number of phenols is 2. The van der Waals surface area contributed by atoms with Crippen molar-refractivity contribution in [2.45, 2.75) is 19.9 Å². The van der Waals surface area contributed by atoms with E-state index in [1.54, 1.807) is 19.1 Å². The lowest BCUT2D eigenvalue weighted by atomic mass is 10.1. The van der Waals surface area contributed by atoms with Crippen LogP contribution in [0.1, 0.15) is 24.4 Å². The first kappa shape index (κ1) is 15.0. The maximum Gasteiger partial charge on any atom is 0.159 e. The molecule has 0 aliphatic heterocycles. The van der Waals surface area contributed by atoms with Gasteiger partial charge >= 0.3 is 0 Å². The van der Waals surface area contributed by atoms with Gasteiger partial charge in [0.15, 0.2) is 11.5 Å². The highest BCUT2D eigenvalue weighted by Gasteiger charge is 2.13. The molecule has 1 atom stereocenters. The van der Waals surface area contributed by atoms with Crippen LogP contribution in [0.25, 0.3) is 10.9 Å². The Bertz CT molecular complexity index is 866. The van der Waals surface area contributed by atoms with E-state index in [-0.39, 0.29) is 23.4 Å². The summed E-state index contributed by atoms with van der Waals surface area (Å²) in [6.07, 6.45) is 0. The van der Waals surface area contributed by atoms with Gasteiger partial charge in [-0.1, -0.05) is 12.1 Å². The molecule has 118 valence electrons. The molecule has 0 aliphatic rings. The van der Waals surface area contributed by atoms with Crippen molar-refractivity contribution >= 4 is 16.7 Å². The van der Waals surface area contributed by atoms with Crippen molar-refractivity contribution in [2.24, 2.45) is 0 Å². The molecule has 0 bridgehead atoms. The first-order valence-electron chi connectivity index (χ1n) is 7.16. The molecule has 0 spiro atoms. The molecule has 0 fully saturated rings. The number of benzene rings is 2. The number of phenolic OH excluding ortho intramolecular Hbond substituents is 2. The summed E-state index contributed by atoms with van der Waals surface area (Å²) >= 11 is 0. The molecular formula is C17H16FN3O2. The Labute approximate surface area is 132 Å². The number of halogens is 1. The third-order valence-electron chi connectivity index (χ3n) is 3.63. The Balaban J connectivity index is 2.01. The van der Waals surface area contributed by atoms with E-state index in [4.69, 9.17) is 0 Å². The third kappa shape index (κ3) is 3.01. The third-order valence-corrected chi connectivity index (χ3v) is 3.63. The lowest BCUT2D eigenvalue weighted by Gasteiger charge is -2.17. The van der Waals surface area contributed by atoms with Gasteiger partial charge in [0, 0.05) is 17.5 Å². The lowest BCUT2D eigenvalue weighted by molar-refractivity contribution is 0.405. The van der Waals surface area contributed by atoms with E-state index in [1.165, 1.54) is 24.3 Å². The average Bonchev–Trinajstić information content (AvgIpc) is 2.50. The van der Waals surface area contributed by atoms with E-state index in [2.05, 4.69) is 15.3 Å². The second-order valence-corrected chi connectivity index (χ2v) is 5.40. The Kier molecular flexibility index (Phi) is 3.73.